The molecule has 0 unspecified atom stereocenters. The van der Waals surface area contributed by atoms with E-state index in [2.05, 4.69) is 4.99 Å². The summed E-state index contributed by atoms with van der Waals surface area (Å²) in [6.45, 7) is 1.97. The van der Waals surface area contributed by atoms with E-state index in [0.29, 0.717) is 11.1 Å². The molecule has 0 amide bonds. The molecule has 0 bridgehead atoms. The molecular formula is C19H12ClF2NO4. The van der Waals surface area contributed by atoms with Gasteiger partial charge < -0.3 is 9.47 Å². The predicted molar refractivity (Wildman–Crippen MR) is 94.4 cm³/mol. The first kappa shape index (κ1) is 18.7. The number of hydrogen-bond donors (Lipinski definition) is 0. The Morgan fingerprint density at radius 2 is 1.89 bits per heavy atom. The number of nitrogens with zero attached hydrogens (tertiary/aromatic N) is 1. The Balaban J connectivity index is 1.88. The van der Waals surface area contributed by atoms with Crippen LogP contribution in [-0.2, 0) is 14.3 Å². The van der Waals surface area contributed by atoms with Gasteiger partial charge in [0.05, 0.1) is 22.8 Å². The minimum Gasteiger partial charge on any atom is -0.462 e. The van der Waals surface area contributed by atoms with Gasteiger partial charge in [-0.1, -0.05) is 23.7 Å². The van der Waals surface area contributed by atoms with E-state index in [-0.39, 0.29) is 28.8 Å². The predicted octanol–water partition coefficient (Wildman–Crippen LogP) is 4.14. The SMILES string of the molecule is CCOC(=O)c1ccc(C=C2N=C(c3cc(F)c(F)cc3Cl)OC2=O)cc1. The maximum Gasteiger partial charge on any atom is 0.363 e. The van der Waals surface area contributed by atoms with Gasteiger partial charge in [-0.25, -0.2) is 23.4 Å². The quantitative estimate of drug-likeness (QED) is 0.446. The summed E-state index contributed by atoms with van der Waals surface area (Å²) in [5.74, 6) is -3.70. The number of carbonyl (C=O) groups excluding carboxylic acids is 2. The first-order valence-corrected chi connectivity index (χ1v) is 8.21. The zero-order chi connectivity index (χ0) is 19.6. The van der Waals surface area contributed by atoms with E-state index in [1.165, 1.54) is 6.08 Å². The molecule has 1 aliphatic heterocycles. The topological polar surface area (TPSA) is 65.0 Å². The largest absolute Gasteiger partial charge is 0.462 e. The second kappa shape index (κ2) is 7.67. The summed E-state index contributed by atoms with van der Waals surface area (Å²) < 4.78 is 36.5. The van der Waals surface area contributed by atoms with Crippen molar-refractivity contribution in [2.24, 2.45) is 4.99 Å². The highest BCUT2D eigenvalue weighted by Crippen LogP contribution is 2.26. The molecule has 0 N–H and O–H groups in total. The minimum atomic E-state index is -1.14. The summed E-state index contributed by atoms with van der Waals surface area (Å²) in [7, 11) is 0. The van der Waals surface area contributed by atoms with Gasteiger partial charge in [-0.05, 0) is 42.8 Å². The number of aliphatic imine (C=N–C) groups is 1. The van der Waals surface area contributed by atoms with Gasteiger partial charge in [-0.2, -0.15) is 0 Å². The van der Waals surface area contributed by atoms with Crippen LogP contribution in [0.2, 0.25) is 5.02 Å². The fourth-order valence-electron chi connectivity index (χ4n) is 2.30. The Labute approximate surface area is 157 Å². The third-order valence-corrected chi connectivity index (χ3v) is 3.90. The van der Waals surface area contributed by atoms with Crippen molar-refractivity contribution in [2.45, 2.75) is 6.92 Å². The molecule has 0 saturated heterocycles. The van der Waals surface area contributed by atoms with Crippen molar-refractivity contribution in [3.63, 3.8) is 0 Å². The van der Waals surface area contributed by atoms with E-state index >= 15 is 0 Å². The lowest BCUT2D eigenvalue weighted by atomic mass is 10.1. The smallest absolute Gasteiger partial charge is 0.363 e. The van der Waals surface area contributed by atoms with Crippen LogP contribution in [0, 0.1) is 11.6 Å². The number of halogens is 3. The van der Waals surface area contributed by atoms with Crippen LogP contribution in [0.5, 0.6) is 0 Å². The fourth-order valence-corrected chi connectivity index (χ4v) is 2.53. The maximum atomic E-state index is 13.4. The molecule has 27 heavy (non-hydrogen) atoms. The summed E-state index contributed by atoms with van der Waals surface area (Å²) in [6.07, 6.45) is 1.43. The van der Waals surface area contributed by atoms with Crippen molar-refractivity contribution in [2.75, 3.05) is 6.61 Å². The molecule has 1 aliphatic rings. The summed E-state index contributed by atoms with van der Waals surface area (Å²) in [5.41, 5.74) is 0.863. The van der Waals surface area contributed by atoms with Crippen LogP contribution in [0.1, 0.15) is 28.4 Å². The van der Waals surface area contributed by atoms with Gasteiger partial charge in [-0.15, -0.1) is 0 Å². The van der Waals surface area contributed by atoms with E-state index in [1.54, 1.807) is 31.2 Å². The second-order valence-corrected chi connectivity index (χ2v) is 5.83. The molecule has 8 heteroatoms. The van der Waals surface area contributed by atoms with Crippen LogP contribution in [0.4, 0.5) is 8.78 Å². The summed E-state index contributed by atoms with van der Waals surface area (Å²) >= 11 is 5.87. The average molecular weight is 392 g/mol. The number of esters is 2. The fraction of sp³-hybridized carbons (Fsp3) is 0.105. The van der Waals surface area contributed by atoms with Crippen LogP contribution >= 0.6 is 11.6 Å². The molecule has 0 atom stereocenters. The molecule has 0 aliphatic carbocycles. The molecule has 2 aromatic rings. The highest BCUT2D eigenvalue weighted by molar-refractivity contribution is 6.34. The minimum absolute atomic E-state index is 0.0371. The van der Waals surface area contributed by atoms with Crippen LogP contribution < -0.4 is 0 Å². The van der Waals surface area contributed by atoms with Crippen LogP contribution in [0.25, 0.3) is 6.08 Å². The summed E-state index contributed by atoms with van der Waals surface area (Å²) in [6, 6.07) is 7.87. The molecular weight excluding hydrogens is 380 g/mol. The molecule has 0 radical (unpaired) electrons. The average Bonchev–Trinajstić information content (AvgIpc) is 2.99. The van der Waals surface area contributed by atoms with E-state index in [1.807, 2.05) is 0 Å². The van der Waals surface area contributed by atoms with Crippen molar-refractivity contribution in [3.05, 3.63) is 75.4 Å². The second-order valence-electron chi connectivity index (χ2n) is 5.42. The lowest BCUT2D eigenvalue weighted by molar-refractivity contribution is -0.129. The van der Waals surface area contributed by atoms with E-state index in [9.17, 15) is 18.4 Å². The molecule has 2 aromatic carbocycles. The van der Waals surface area contributed by atoms with Crippen LogP contribution in [0.3, 0.4) is 0 Å². The zero-order valence-electron chi connectivity index (χ0n) is 14.0. The first-order chi connectivity index (χ1) is 12.9. The Morgan fingerprint density at radius 1 is 1.22 bits per heavy atom. The van der Waals surface area contributed by atoms with Crippen molar-refractivity contribution in [1.29, 1.82) is 0 Å². The van der Waals surface area contributed by atoms with Crippen LogP contribution in [-0.4, -0.2) is 24.4 Å². The van der Waals surface area contributed by atoms with E-state index in [0.717, 1.165) is 12.1 Å². The van der Waals surface area contributed by atoms with Gasteiger partial charge in [-0.3, -0.25) is 0 Å². The molecule has 0 aromatic heterocycles. The van der Waals surface area contributed by atoms with Gasteiger partial charge in [0, 0.05) is 0 Å². The zero-order valence-corrected chi connectivity index (χ0v) is 14.7. The van der Waals surface area contributed by atoms with Gasteiger partial charge >= 0.3 is 11.9 Å². The molecule has 0 spiro atoms. The summed E-state index contributed by atoms with van der Waals surface area (Å²) in [5, 5.41) is -0.138. The molecule has 3 rings (SSSR count). The van der Waals surface area contributed by atoms with Gasteiger partial charge in [0.2, 0.25) is 5.90 Å². The Morgan fingerprint density at radius 3 is 2.56 bits per heavy atom. The Hall–Kier alpha value is -3.06. The van der Waals surface area contributed by atoms with Crippen molar-refractivity contribution < 1.29 is 27.8 Å². The number of benzene rings is 2. The highest BCUT2D eigenvalue weighted by Gasteiger charge is 2.26. The third kappa shape index (κ3) is 4.03. The number of ether oxygens (including phenoxy) is 2. The number of hydrogen-bond acceptors (Lipinski definition) is 5. The van der Waals surface area contributed by atoms with E-state index < -0.39 is 23.6 Å². The molecule has 0 fully saturated rings. The van der Waals surface area contributed by atoms with Crippen molar-refractivity contribution >= 4 is 35.5 Å². The Kier molecular flexibility index (Phi) is 5.32. The number of rotatable bonds is 4. The lowest BCUT2D eigenvalue weighted by Crippen LogP contribution is -2.07. The number of carbonyl (C=O) groups is 2. The molecule has 138 valence electrons. The van der Waals surface area contributed by atoms with Crippen molar-refractivity contribution in [3.8, 4) is 0 Å². The maximum absolute atomic E-state index is 13.4. The molecule has 1 heterocycles. The monoisotopic (exact) mass is 391 g/mol. The number of cyclic esters (lactones) is 1. The molecule has 0 saturated carbocycles. The lowest BCUT2D eigenvalue weighted by Gasteiger charge is -2.03. The van der Waals surface area contributed by atoms with Crippen molar-refractivity contribution in [1.82, 2.24) is 0 Å². The third-order valence-electron chi connectivity index (χ3n) is 3.59. The van der Waals surface area contributed by atoms with Crippen LogP contribution in [0.15, 0.2) is 47.1 Å². The van der Waals surface area contributed by atoms with Gasteiger partial charge in [0.25, 0.3) is 0 Å². The van der Waals surface area contributed by atoms with E-state index in [4.69, 9.17) is 21.1 Å². The highest BCUT2D eigenvalue weighted by atomic mass is 35.5. The first-order valence-electron chi connectivity index (χ1n) is 7.83. The van der Waals surface area contributed by atoms with Gasteiger partial charge in [0.1, 0.15) is 0 Å². The standard InChI is InChI=1S/C19H12ClF2NO4/c1-2-26-18(24)11-5-3-10(4-6-11)7-16-19(25)27-17(23-16)12-8-14(21)15(22)9-13(12)20/h3-9H,2H2,1H3. The normalized spacial score (nSPS) is 14.9. The summed E-state index contributed by atoms with van der Waals surface area (Å²) in [4.78, 5) is 27.6. The molecule has 5 nitrogen and oxygen atoms in total. The Bertz CT molecular complexity index is 984. The van der Waals surface area contributed by atoms with Gasteiger partial charge in [0.15, 0.2) is 17.3 Å².